The van der Waals surface area contributed by atoms with Gasteiger partial charge in [0.15, 0.2) is 5.78 Å². The average molecular weight is 341 g/mol. The fourth-order valence-corrected chi connectivity index (χ4v) is 3.50. The topological polar surface area (TPSA) is 93.5 Å². The molecular formula is C18H19N3O4. The molecule has 1 aromatic carbocycles. The van der Waals surface area contributed by atoms with Crippen LogP contribution in [0.25, 0.3) is 0 Å². The largest absolute Gasteiger partial charge is 0.436 e. The van der Waals surface area contributed by atoms with Crippen molar-refractivity contribution in [1.82, 2.24) is 15.8 Å². The van der Waals surface area contributed by atoms with Crippen molar-refractivity contribution in [1.29, 1.82) is 0 Å². The first-order valence-corrected chi connectivity index (χ1v) is 8.41. The standard InChI is InChI=1S/C18H19N3O4/c1-10(22)16-9-17(21-25-16)24-13-5-2-11(3-6-13)18(23)20-15-8-12-4-7-14(15)19-12/h2-3,5-6,9,12,14-15,19H,4,7-8H2,1H3,(H,20,23)/t12-,14+,15-/m1/s1. The second-order valence-corrected chi connectivity index (χ2v) is 6.58. The van der Waals surface area contributed by atoms with Gasteiger partial charge in [0, 0.05) is 30.6 Å². The molecule has 2 saturated heterocycles. The molecule has 0 saturated carbocycles. The zero-order chi connectivity index (χ0) is 17.4. The summed E-state index contributed by atoms with van der Waals surface area (Å²) in [4.78, 5) is 23.6. The Labute approximate surface area is 144 Å². The smallest absolute Gasteiger partial charge is 0.260 e. The Kier molecular flexibility index (Phi) is 4.01. The quantitative estimate of drug-likeness (QED) is 0.811. The molecular weight excluding hydrogens is 322 g/mol. The molecule has 3 heterocycles. The third kappa shape index (κ3) is 3.28. The Morgan fingerprint density at radius 3 is 2.68 bits per heavy atom. The van der Waals surface area contributed by atoms with Crippen LogP contribution in [0.15, 0.2) is 34.9 Å². The molecule has 0 unspecified atom stereocenters. The van der Waals surface area contributed by atoms with E-state index in [4.69, 9.17) is 9.26 Å². The molecule has 2 fully saturated rings. The van der Waals surface area contributed by atoms with Gasteiger partial charge in [0.1, 0.15) is 5.75 Å². The van der Waals surface area contributed by atoms with Crippen molar-refractivity contribution in [2.24, 2.45) is 0 Å². The van der Waals surface area contributed by atoms with Crippen LogP contribution in [-0.4, -0.2) is 35.0 Å². The van der Waals surface area contributed by atoms with E-state index in [1.165, 1.54) is 19.4 Å². The zero-order valence-corrected chi connectivity index (χ0v) is 13.8. The molecule has 4 rings (SSSR count). The number of ether oxygens (including phenoxy) is 1. The lowest BCUT2D eigenvalue weighted by molar-refractivity contribution is 0.0929. The molecule has 1 amide bonds. The average Bonchev–Trinajstić information content (AvgIpc) is 3.32. The number of fused-ring (bicyclic) bond motifs is 2. The molecule has 1 aromatic heterocycles. The van der Waals surface area contributed by atoms with Gasteiger partial charge in [0.25, 0.3) is 11.8 Å². The monoisotopic (exact) mass is 341 g/mol. The third-order valence-electron chi connectivity index (χ3n) is 4.79. The Bertz CT molecular complexity index is 799. The number of hydrogen-bond donors (Lipinski definition) is 2. The highest BCUT2D eigenvalue weighted by atomic mass is 16.5. The Balaban J connectivity index is 1.37. The van der Waals surface area contributed by atoms with E-state index in [1.807, 2.05) is 0 Å². The summed E-state index contributed by atoms with van der Waals surface area (Å²) in [5.41, 5.74) is 0.583. The van der Waals surface area contributed by atoms with Crippen LogP contribution in [-0.2, 0) is 0 Å². The number of carbonyl (C=O) groups is 2. The molecule has 25 heavy (non-hydrogen) atoms. The van der Waals surface area contributed by atoms with Crippen LogP contribution in [0.4, 0.5) is 0 Å². The Hall–Kier alpha value is -2.67. The lowest BCUT2D eigenvalue weighted by Gasteiger charge is -2.21. The molecule has 2 aromatic rings. The molecule has 0 spiro atoms. The van der Waals surface area contributed by atoms with Gasteiger partial charge >= 0.3 is 0 Å². The van der Waals surface area contributed by atoms with Crippen LogP contribution in [0.1, 0.15) is 47.1 Å². The van der Waals surface area contributed by atoms with Crippen LogP contribution >= 0.6 is 0 Å². The molecule has 2 aliphatic heterocycles. The van der Waals surface area contributed by atoms with Crippen molar-refractivity contribution in [3.05, 3.63) is 41.7 Å². The fourth-order valence-electron chi connectivity index (χ4n) is 3.50. The zero-order valence-electron chi connectivity index (χ0n) is 13.8. The van der Waals surface area contributed by atoms with Crippen molar-refractivity contribution < 1.29 is 18.8 Å². The number of rotatable bonds is 5. The predicted octanol–water partition coefficient (Wildman–Crippen LogP) is 2.29. The lowest BCUT2D eigenvalue weighted by Crippen LogP contribution is -2.42. The maximum Gasteiger partial charge on any atom is 0.260 e. The highest BCUT2D eigenvalue weighted by Gasteiger charge is 2.39. The number of hydrogen-bond acceptors (Lipinski definition) is 6. The van der Waals surface area contributed by atoms with Gasteiger partial charge in [-0.25, -0.2) is 0 Å². The van der Waals surface area contributed by atoms with Crippen molar-refractivity contribution in [2.45, 2.75) is 44.3 Å². The van der Waals surface area contributed by atoms with Gasteiger partial charge in [0.2, 0.25) is 5.76 Å². The van der Waals surface area contributed by atoms with Crippen LogP contribution in [0.5, 0.6) is 11.6 Å². The summed E-state index contributed by atoms with van der Waals surface area (Å²) in [7, 11) is 0. The second kappa shape index (κ2) is 6.33. The van der Waals surface area contributed by atoms with Crippen molar-refractivity contribution in [2.75, 3.05) is 0 Å². The molecule has 2 N–H and O–H groups in total. The first kappa shape index (κ1) is 15.8. The van der Waals surface area contributed by atoms with Gasteiger partial charge in [-0.1, -0.05) is 0 Å². The first-order valence-electron chi connectivity index (χ1n) is 8.41. The number of amides is 1. The number of carbonyl (C=O) groups excluding carboxylic acids is 2. The van der Waals surface area contributed by atoms with E-state index in [0.717, 1.165) is 12.8 Å². The van der Waals surface area contributed by atoms with E-state index >= 15 is 0 Å². The SMILES string of the molecule is CC(=O)c1cc(Oc2ccc(C(=O)N[C@@H]3C[C@H]4CC[C@@H]3N4)cc2)no1. The van der Waals surface area contributed by atoms with Crippen LogP contribution in [0, 0.1) is 0 Å². The maximum absolute atomic E-state index is 12.4. The van der Waals surface area contributed by atoms with Gasteiger partial charge in [-0.3, -0.25) is 9.59 Å². The predicted molar refractivity (Wildman–Crippen MR) is 88.8 cm³/mol. The van der Waals surface area contributed by atoms with E-state index in [1.54, 1.807) is 24.3 Å². The normalized spacial score (nSPS) is 24.3. The van der Waals surface area contributed by atoms with Gasteiger partial charge < -0.3 is 19.9 Å². The fraction of sp³-hybridized carbons (Fsp3) is 0.389. The number of ketones is 1. The van der Waals surface area contributed by atoms with E-state index in [9.17, 15) is 9.59 Å². The van der Waals surface area contributed by atoms with E-state index in [2.05, 4.69) is 15.8 Å². The Morgan fingerprint density at radius 1 is 1.28 bits per heavy atom. The second-order valence-electron chi connectivity index (χ2n) is 6.58. The number of nitrogens with one attached hydrogen (secondary N) is 2. The van der Waals surface area contributed by atoms with Crippen LogP contribution < -0.4 is 15.4 Å². The number of aromatic nitrogens is 1. The molecule has 7 heteroatoms. The van der Waals surface area contributed by atoms with Crippen LogP contribution in [0.2, 0.25) is 0 Å². The van der Waals surface area contributed by atoms with Gasteiger partial charge in [-0.2, -0.15) is 0 Å². The first-order chi connectivity index (χ1) is 12.1. The number of nitrogens with zero attached hydrogens (tertiary/aromatic N) is 1. The molecule has 2 aliphatic rings. The minimum absolute atomic E-state index is 0.0776. The number of benzene rings is 1. The molecule has 2 bridgehead atoms. The van der Waals surface area contributed by atoms with Gasteiger partial charge in [-0.15, -0.1) is 0 Å². The lowest BCUT2D eigenvalue weighted by atomic mass is 9.95. The minimum Gasteiger partial charge on any atom is -0.436 e. The summed E-state index contributed by atoms with van der Waals surface area (Å²) >= 11 is 0. The van der Waals surface area contributed by atoms with E-state index in [0.29, 0.717) is 23.4 Å². The molecule has 0 radical (unpaired) electrons. The molecule has 3 atom stereocenters. The van der Waals surface area contributed by atoms with Crippen molar-refractivity contribution >= 4 is 11.7 Å². The summed E-state index contributed by atoms with van der Waals surface area (Å²) in [5, 5.41) is 10.3. The van der Waals surface area contributed by atoms with Crippen molar-refractivity contribution in [3.8, 4) is 11.6 Å². The number of Topliss-reactive ketones (excluding diaryl/α,β-unsaturated/α-hetero) is 1. The summed E-state index contributed by atoms with van der Waals surface area (Å²) in [6.07, 6.45) is 3.33. The molecule has 7 nitrogen and oxygen atoms in total. The van der Waals surface area contributed by atoms with E-state index in [-0.39, 0.29) is 29.4 Å². The molecule has 130 valence electrons. The van der Waals surface area contributed by atoms with Gasteiger partial charge in [0.05, 0.1) is 6.07 Å². The summed E-state index contributed by atoms with van der Waals surface area (Å²) < 4.78 is 10.4. The highest BCUT2D eigenvalue weighted by molar-refractivity contribution is 5.94. The summed E-state index contributed by atoms with van der Waals surface area (Å²) in [5.74, 6) is 0.568. The minimum atomic E-state index is -0.218. The van der Waals surface area contributed by atoms with Crippen LogP contribution in [0.3, 0.4) is 0 Å². The summed E-state index contributed by atoms with van der Waals surface area (Å²) in [6, 6.07) is 9.39. The Morgan fingerprint density at radius 2 is 2.08 bits per heavy atom. The van der Waals surface area contributed by atoms with Crippen molar-refractivity contribution in [3.63, 3.8) is 0 Å². The maximum atomic E-state index is 12.4. The van der Waals surface area contributed by atoms with Gasteiger partial charge in [-0.05, 0) is 48.7 Å². The summed E-state index contributed by atoms with van der Waals surface area (Å²) in [6.45, 7) is 1.39. The van der Waals surface area contributed by atoms with E-state index < -0.39 is 0 Å². The highest BCUT2D eigenvalue weighted by Crippen LogP contribution is 2.28. The third-order valence-corrected chi connectivity index (χ3v) is 4.79. The molecule has 0 aliphatic carbocycles.